The molecule has 0 aromatic heterocycles. The Morgan fingerprint density at radius 1 is 0.426 bits per heavy atom. The minimum Gasteiger partial charge on any atom is -0.354 e. The molecule has 30 heteroatoms. The lowest BCUT2D eigenvalue weighted by molar-refractivity contribution is -0.942. The molecule has 14 amide bonds. The summed E-state index contributed by atoms with van der Waals surface area (Å²) in [7, 11) is 0. The number of carbonyl (C=O) groups is 14. The Bertz CT molecular complexity index is 3080. The molecule has 0 spiro atoms. The van der Waals surface area contributed by atoms with Gasteiger partial charge in [-0.1, -0.05) is 41.5 Å². The third-order valence-electron chi connectivity index (χ3n) is 20.9. The van der Waals surface area contributed by atoms with Gasteiger partial charge in [-0.05, 0) is 173 Å². The normalized spacial score (nSPS) is 21.0. The van der Waals surface area contributed by atoms with E-state index in [-0.39, 0.29) is 56.6 Å². The van der Waals surface area contributed by atoms with Crippen molar-refractivity contribution in [1.29, 1.82) is 0 Å². The molecule has 0 aromatic rings. The lowest BCUT2D eigenvalue weighted by atomic mass is 9.91. The van der Waals surface area contributed by atoms with E-state index in [9.17, 15) is 67.1 Å². The van der Waals surface area contributed by atoms with Gasteiger partial charge in [0.25, 0.3) is 0 Å². The summed E-state index contributed by atoms with van der Waals surface area (Å²) in [4.78, 5) is 199. The number of piperidine rings is 1. The first-order valence-corrected chi connectivity index (χ1v) is 36.5. The zero-order valence-electron chi connectivity index (χ0n) is 64.5. The van der Waals surface area contributed by atoms with Crippen LogP contribution in [0.3, 0.4) is 0 Å². The molecule has 4 saturated heterocycles. The van der Waals surface area contributed by atoms with Crippen LogP contribution in [0.2, 0.25) is 0 Å². The first-order valence-electron chi connectivity index (χ1n) is 36.5. The summed E-state index contributed by atoms with van der Waals surface area (Å²) in [6.07, 6.45) is 7.66. The van der Waals surface area contributed by atoms with Gasteiger partial charge in [0.1, 0.15) is 68.1 Å². The lowest BCUT2D eigenvalue weighted by Crippen LogP contribution is -3.19. The Morgan fingerprint density at radius 3 is 1.37 bits per heavy atom. The van der Waals surface area contributed by atoms with E-state index in [0.29, 0.717) is 57.2 Å². The lowest BCUT2D eigenvalue weighted by Gasteiger charge is -2.42. The summed E-state index contributed by atoms with van der Waals surface area (Å²) in [5.41, 5.74) is -14.3. The molecule has 4 aliphatic rings. The fourth-order valence-corrected chi connectivity index (χ4v) is 13.0. The van der Waals surface area contributed by atoms with E-state index in [1.54, 1.807) is 27.7 Å². The van der Waals surface area contributed by atoms with Gasteiger partial charge < -0.3 is 78.5 Å². The van der Waals surface area contributed by atoms with E-state index in [1.807, 2.05) is 6.92 Å². The number of quaternary nitrogens is 1. The van der Waals surface area contributed by atoms with E-state index in [1.165, 1.54) is 118 Å². The maximum atomic E-state index is 14.6. The summed E-state index contributed by atoms with van der Waals surface area (Å²) in [5, 5.41) is 32.9. The van der Waals surface area contributed by atoms with Crippen molar-refractivity contribution in [2.45, 2.75) is 309 Å². The number of rotatable bonds is 34. The Kier molecular flexibility index (Phi) is 29.5. The second-order valence-electron chi connectivity index (χ2n) is 32.2. The number of fused-ring (bicyclic) bond motifs is 1. The van der Waals surface area contributed by atoms with Crippen molar-refractivity contribution in [2.75, 3.05) is 52.4 Å². The molecule has 0 radical (unpaired) electrons. The quantitative estimate of drug-likeness (QED) is 0.0399. The standard InChI is InChI=1S/C71H124N16O14/c1-22-68(18,83-61(100)70(20,24-3)77-52(91)47-32-28-40-86(47)45(7)88)58(97)72-35-34-49(89)73-42-50(90)75-63(8,9)54(93)78-66(14,15)57(96)82-71(21,25-4)60(99)81-65(12,13)55(94)79-64(10,11)56(95)80-67(16,17)62(101)87-39-27-26-31-48(87)53(92)76-69(19,23-2)59(98)74-46(41-44(5)6)43-85-38-30-37-84-36-29-33-51(84)85/h44,46-48,51H,22-43H2,1-21H3,(H,72,97)(H,73,89)(H,74,98)(H,75,90)(H,76,92)(H,77,91)(H,78,93)(H,79,94)(H,80,95)(H,81,99)(H,82,96)(H,83,100)/p+1. The van der Waals surface area contributed by atoms with E-state index in [0.717, 1.165) is 45.4 Å². The van der Waals surface area contributed by atoms with Crippen molar-refractivity contribution in [3.63, 3.8) is 0 Å². The molecule has 9 unspecified atom stereocenters. The van der Waals surface area contributed by atoms with Crippen LogP contribution in [0.5, 0.6) is 0 Å². The minimum atomic E-state index is -1.72. The van der Waals surface area contributed by atoms with Crippen molar-refractivity contribution >= 4 is 82.7 Å². The molecule has 4 aliphatic heterocycles. The SMILES string of the molecule is CCC(C)(NC(=O)C1CCCN1C(C)=O)C(=O)NC(C)(CC)C(=O)NCCC(=O)NCC(=O)NC(C)(C)C(=O)NC(C)(C)C(=O)NC(C)(CC)C(=O)NC(C)(C)C(=O)NC(C)(C)C(=O)NC(C)(C)C(=O)N1CCCCC1C(=O)NC(C)(CC)C(=O)NC(CC(C)C)C[NH+]1CCCN2CCCC21. The van der Waals surface area contributed by atoms with Crippen LogP contribution in [0.1, 0.15) is 235 Å². The van der Waals surface area contributed by atoms with Gasteiger partial charge in [0.2, 0.25) is 82.7 Å². The summed E-state index contributed by atoms with van der Waals surface area (Å²) in [6, 6.07) is -1.76. The zero-order valence-corrected chi connectivity index (χ0v) is 64.5. The van der Waals surface area contributed by atoms with Gasteiger partial charge in [0.15, 0.2) is 0 Å². The maximum Gasteiger partial charge on any atom is 0.248 e. The third-order valence-corrected chi connectivity index (χ3v) is 20.9. The van der Waals surface area contributed by atoms with E-state index in [2.05, 4.69) is 82.5 Å². The van der Waals surface area contributed by atoms with E-state index >= 15 is 0 Å². The second kappa shape index (κ2) is 34.6. The Hall–Kier alpha value is -7.50. The van der Waals surface area contributed by atoms with Crippen molar-refractivity contribution < 1.29 is 72.0 Å². The van der Waals surface area contributed by atoms with Gasteiger partial charge >= 0.3 is 0 Å². The molecular weight excluding hydrogens is 1300 g/mol. The number of nitrogens with one attached hydrogen (secondary N) is 13. The second-order valence-corrected chi connectivity index (χ2v) is 32.2. The predicted octanol–water partition coefficient (Wildman–Crippen LogP) is -0.144. The smallest absolute Gasteiger partial charge is 0.248 e. The Morgan fingerprint density at radius 2 is 0.842 bits per heavy atom. The first kappa shape index (κ1) is 85.9. The predicted molar refractivity (Wildman–Crippen MR) is 380 cm³/mol. The highest BCUT2D eigenvalue weighted by Gasteiger charge is 2.49. The molecule has 0 saturated carbocycles. The topological polar surface area (TPSA) is 397 Å². The molecule has 0 aliphatic carbocycles. The monoisotopic (exact) mass is 1430 g/mol. The fourth-order valence-electron chi connectivity index (χ4n) is 13.0. The summed E-state index contributed by atoms with van der Waals surface area (Å²) < 4.78 is 0. The van der Waals surface area contributed by atoms with Crippen molar-refractivity contribution in [3.8, 4) is 0 Å². The van der Waals surface area contributed by atoms with Gasteiger partial charge in [-0.2, -0.15) is 0 Å². The van der Waals surface area contributed by atoms with Crippen LogP contribution in [0.15, 0.2) is 0 Å². The van der Waals surface area contributed by atoms with E-state index in [4.69, 9.17) is 0 Å². The number of hydrogen-bond donors (Lipinski definition) is 13. The highest BCUT2D eigenvalue weighted by molar-refractivity contribution is 6.03. The number of hydrogen-bond acceptors (Lipinski definition) is 15. The van der Waals surface area contributed by atoms with Gasteiger partial charge in [-0.25, -0.2) is 0 Å². The zero-order chi connectivity index (χ0) is 76.8. The molecule has 101 heavy (non-hydrogen) atoms. The molecule has 4 rings (SSSR count). The average molecular weight is 1430 g/mol. The highest BCUT2D eigenvalue weighted by Crippen LogP contribution is 2.26. The number of carbonyl (C=O) groups excluding carboxylic acids is 14. The fraction of sp³-hybridized carbons (Fsp3) is 0.803. The molecule has 30 nitrogen and oxygen atoms in total. The van der Waals surface area contributed by atoms with Crippen LogP contribution in [-0.4, -0.2) is 224 Å². The van der Waals surface area contributed by atoms with Crippen LogP contribution in [0.4, 0.5) is 0 Å². The summed E-state index contributed by atoms with van der Waals surface area (Å²) in [5.74, 6) is -8.32. The van der Waals surface area contributed by atoms with Crippen molar-refractivity contribution in [1.82, 2.24) is 78.5 Å². The average Bonchev–Trinajstić information content (AvgIpc) is 1.30. The molecule has 9 atom stereocenters. The molecule has 4 fully saturated rings. The summed E-state index contributed by atoms with van der Waals surface area (Å²) in [6.45, 7) is 36.7. The minimum absolute atomic E-state index is 0.00444. The number of nitrogens with zero attached hydrogens (tertiary/aromatic N) is 3. The van der Waals surface area contributed by atoms with Crippen LogP contribution in [0.25, 0.3) is 0 Å². The van der Waals surface area contributed by atoms with Gasteiger partial charge in [0.05, 0.1) is 25.7 Å². The van der Waals surface area contributed by atoms with Crippen LogP contribution in [-0.2, 0) is 67.1 Å². The molecule has 0 aromatic carbocycles. The molecular formula is C71H125N16O14+. The van der Waals surface area contributed by atoms with Crippen LogP contribution < -0.4 is 68.7 Å². The van der Waals surface area contributed by atoms with E-state index < -0.39 is 139 Å². The Labute approximate surface area is 598 Å². The number of likely N-dealkylation sites (tertiary alicyclic amines) is 2. The number of amides is 14. The van der Waals surface area contributed by atoms with Gasteiger partial charge in [-0.3, -0.25) is 72.0 Å². The highest BCUT2D eigenvalue weighted by atomic mass is 16.2. The third kappa shape index (κ3) is 22.5. The summed E-state index contributed by atoms with van der Waals surface area (Å²) >= 11 is 0. The van der Waals surface area contributed by atoms with Crippen LogP contribution >= 0.6 is 0 Å². The molecule has 0 bridgehead atoms. The maximum absolute atomic E-state index is 14.6. The van der Waals surface area contributed by atoms with Gasteiger partial charge in [-0.15, -0.1) is 0 Å². The molecule has 572 valence electrons. The largest absolute Gasteiger partial charge is 0.354 e. The molecule has 4 heterocycles. The van der Waals surface area contributed by atoms with Gasteiger partial charge in [0, 0.05) is 58.9 Å². The molecule has 13 N–H and O–H groups in total. The Balaban J connectivity index is 1.28. The first-order chi connectivity index (χ1) is 46.5. The van der Waals surface area contributed by atoms with Crippen molar-refractivity contribution in [2.24, 2.45) is 5.92 Å². The van der Waals surface area contributed by atoms with Crippen molar-refractivity contribution in [3.05, 3.63) is 0 Å². The van der Waals surface area contributed by atoms with Crippen LogP contribution in [0, 0.1) is 5.92 Å².